The first-order valence-corrected chi connectivity index (χ1v) is 19.6. The van der Waals surface area contributed by atoms with E-state index in [1.165, 1.54) is 12.3 Å². The van der Waals surface area contributed by atoms with Gasteiger partial charge in [-0.15, -0.1) is 0 Å². The molecule has 1 aliphatic rings. The Kier molecular flexibility index (Phi) is 10.9. The number of nitrogens with one attached hydrogen (secondary N) is 3. The first-order chi connectivity index (χ1) is 27.0. The lowest BCUT2D eigenvalue weighted by atomic mass is 10.0. The number of nitrogens with zero attached hydrogens (tertiary/aromatic N) is 1. The van der Waals surface area contributed by atoms with Crippen molar-refractivity contribution in [2.45, 2.75) is 36.0 Å². The van der Waals surface area contributed by atoms with E-state index in [0.29, 0.717) is 58.0 Å². The van der Waals surface area contributed by atoms with Gasteiger partial charge in [0.05, 0.1) is 33.7 Å². The smallest absolute Gasteiger partial charge is 0.262 e. The molecule has 7 rings (SSSR count). The number of phenols is 1. The number of pyridine rings is 1. The Labute approximate surface area is 324 Å². The van der Waals surface area contributed by atoms with Gasteiger partial charge in [-0.1, -0.05) is 48.5 Å². The van der Waals surface area contributed by atoms with Crippen molar-refractivity contribution in [1.82, 2.24) is 10.3 Å². The van der Waals surface area contributed by atoms with Gasteiger partial charge in [-0.05, 0) is 110 Å². The highest BCUT2D eigenvalue weighted by Crippen LogP contribution is 2.39. The number of rotatable bonds is 14. The van der Waals surface area contributed by atoms with E-state index in [9.17, 15) is 23.1 Å². The zero-order valence-corrected chi connectivity index (χ0v) is 31.7. The molecule has 286 valence electrons. The van der Waals surface area contributed by atoms with Crippen LogP contribution in [0.25, 0.3) is 22.0 Å². The fourth-order valence-corrected chi connectivity index (χ4v) is 8.21. The predicted molar refractivity (Wildman–Crippen MR) is 216 cm³/mol. The van der Waals surface area contributed by atoms with E-state index < -0.39 is 15.7 Å². The van der Waals surface area contributed by atoms with Gasteiger partial charge in [-0.3, -0.25) is 14.6 Å². The molecule has 2 amide bonds. The van der Waals surface area contributed by atoms with E-state index >= 15 is 0 Å². The normalized spacial score (nSPS) is 12.4. The number of aromatic hydroxyl groups is 1. The Morgan fingerprint density at radius 1 is 0.946 bits per heavy atom. The van der Waals surface area contributed by atoms with Crippen molar-refractivity contribution in [2.75, 3.05) is 37.4 Å². The number of carbonyl (C=O) groups is 2. The zero-order chi connectivity index (χ0) is 39.4. The Bertz CT molecular complexity index is 2580. The summed E-state index contributed by atoms with van der Waals surface area (Å²) in [5.41, 5.74) is 12.0. The van der Waals surface area contributed by atoms with Crippen molar-refractivity contribution in [3.8, 4) is 28.4 Å². The lowest BCUT2D eigenvalue weighted by molar-refractivity contribution is -0.118. The SMILES string of the molecule is COc1cccc(Nc2c(C(N)=O)cnc3c(C)cc(S(=O)(=O)c4cccc(-c5ccc(CCCNCCc6ccc(O)c7c6OCC(=O)N7)cc5)c4)cc23)c1. The third-order valence-electron chi connectivity index (χ3n) is 9.70. The van der Waals surface area contributed by atoms with Crippen molar-refractivity contribution in [1.29, 1.82) is 0 Å². The second-order valence-corrected chi connectivity index (χ2v) is 15.5. The van der Waals surface area contributed by atoms with Crippen LogP contribution in [-0.4, -0.2) is 57.1 Å². The number of ether oxygens (including phenoxy) is 2. The molecule has 0 bridgehead atoms. The number of aryl methyl sites for hydroxylation is 2. The van der Waals surface area contributed by atoms with Gasteiger partial charge in [0.2, 0.25) is 9.84 Å². The molecule has 0 radical (unpaired) electrons. The van der Waals surface area contributed by atoms with E-state index in [1.54, 1.807) is 68.6 Å². The van der Waals surface area contributed by atoms with Crippen LogP contribution < -0.4 is 31.2 Å². The molecule has 0 saturated heterocycles. The van der Waals surface area contributed by atoms with Gasteiger partial charge in [0, 0.05) is 23.3 Å². The van der Waals surface area contributed by atoms with E-state index in [4.69, 9.17) is 15.2 Å². The van der Waals surface area contributed by atoms with Crippen LogP contribution in [0.15, 0.2) is 113 Å². The number of amides is 2. The van der Waals surface area contributed by atoms with Gasteiger partial charge in [0.25, 0.3) is 11.8 Å². The lowest BCUT2D eigenvalue weighted by Gasteiger charge is -2.21. The minimum atomic E-state index is -4.00. The molecule has 0 spiro atoms. The summed E-state index contributed by atoms with van der Waals surface area (Å²) < 4.78 is 39.4. The number of hydrogen-bond acceptors (Lipinski definition) is 10. The number of benzene rings is 5. The highest BCUT2D eigenvalue weighted by Gasteiger charge is 2.24. The quantitative estimate of drug-likeness (QED) is 0.0591. The van der Waals surface area contributed by atoms with Gasteiger partial charge in [-0.2, -0.15) is 0 Å². The van der Waals surface area contributed by atoms with E-state index in [-0.39, 0.29) is 33.6 Å². The van der Waals surface area contributed by atoms with Crippen molar-refractivity contribution in [3.05, 3.63) is 126 Å². The summed E-state index contributed by atoms with van der Waals surface area (Å²) >= 11 is 0. The number of hydrogen-bond donors (Lipinski definition) is 5. The molecule has 1 aromatic heterocycles. The second kappa shape index (κ2) is 16.1. The van der Waals surface area contributed by atoms with Crippen LogP contribution in [0, 0.1) is 6.92 Å². The lowest BCUT2D eigenvalue weighted by Crippen LogP contribution is -2.26. The third kappa shape index (κ3) is 7.99. The number of aromatic nitrogens is 1. The van der Waals surface area contributed by atoms with Crippen molar-refractivity contribution < 1.29 is 32.6 Å². The fourth-order valence-electron chi connectivity index (χ4n) is 6.79. The highest BCUT2D eigenvalue weighted by atomic mass is 32.2. The van der Waals surface area contributed by atoms with Crippen molar-refractivity contribution in [3.63, 3.8) is 0 Å². The van der Waals surface area contributed by atoms with Crippen LogP contribution in [0.1, 0.15) is 33.5 Å². The number of fused-ring (bicyclic) bond motifs is 2. The summed E-state index contributed by atoms with van der Waals surface area (Å²) in [5.74, 6) is 0.104. The minimum Gasteiger partial charge on any atom is -0.506 e. The summed E-state index contributed by atoms with van der Waals surface area (Å²) in [4.78, 5) is 28.8. The average Bonchev–Trinajstić information content (AvgIpc) is 3.20. The maximum atomic E-state index is 14.2. The van der Waals surface area contributed by atoms with Gasteiger partial charge in [0.1, 0.15) is 17.2 Å². The van der Waals surface area contributed by atoms with Gasteiger partial charge < -0.3 is 36.3 Å². The molecule has 1 aliphatic heterocycles. The number of carbonyl (C=O) groups excluding carboxylic acids is 2. The molecule has 0 fully saturated rings. The molecule has 56 heavy (non-hydrogen) atoms. The Balaban J connectivity index is 1.03. The summed E-state index contributed by atoms with van der Waals surface area (Å²) in [6, 6.07) is 28.6. The first-order valence-electron chi connectivity index (χ1n) is 18.1. The second-order valence-electron chi connectivity index (χ2n) is 13.5. The summed E-state index contributed by atoms with van der Waals surface area (Å²) in [7, 11) is -2.45. The molecule has 6 aromatic rings. The predicted octanol–water partition coefficient (Wildman–Crippen LogP) is 6.70. The van der Waals surface area contributed by atoms with Crippen molar-refractivity contribution in [2.24, 2.45) is 5.73 Å². The molecule has 0 aliphatic carbocycles. The summed E-state index contributed by atoms with van der Waals surface area (Å²) in [6.07, 6.45) is 3.84. The number of nitrogens with two attached hydrogens (primary N) is 1. The molecular weight excluding hydrogens is 731 g/mol. The average molecular weight is 772 g/mol. The van der Waals surface area contributed by atoms with Gasteiger partial charge in [0.15, 0.2) is 12.4 Å². The molecule has 2 heterocycles. The van der Waals surface area contributed by atoms with Crippen LogP contribution in [-0.2, 0) is 27.5 Å². The Hall–Kier alpha value is -6.44. The van der Waals surface area contributed by atoms with E-state index in [2.05, 4.69) is 33.1 Å². The topological polar surface area (TPSA) is 182 Å². The molecule has 0 saturated carbocycles. The standard InChI is InChI=1S/C43H41N5O7S/c1-26-20-34(23-35-39(26)46-24-36(43(44)51)40(35)47-31-8-4-9-32(22-31)54-2)56(52,53)33-10-3-7-30(21-33)28-13-11-27(12-14-28)6-5-18-45-19-17-29-15-16-37(49)41-42(29)55-25-38(50)48-41/h3-4,7-16,20-24,45,49H,5-6,17-19,25H2,1-2H3,(H2,44,51)(H,46,47)(H,48,50). The van der Waals surface area contributed by atoms with Crippen LogP contribution >= 0.6 is 0 Å². The van der Waals surface area contributed by atoms with Crippen LogP contribution in [0.2, 0.25) is 0 Å². The molecule has 0 unspecified atom stereocenters. The largest absolute Gasteiger partial charge is 0.506 e. The Morgan fingerprint density at radius 3 is 2.54 bits per heavy atom. The number of anilines is 3. The van der Waals surface area contributed by atoms with E-state index in [1.807, 2.05) is 24.3 Å². The van der Waals surface area contributed by atoms with Crippen LogP contribution in [0.3, 0.4) is 0 Å². The Morgan fingerprint density at radius 2 is 1.75 bits per heavy atom. The highest BCUT2D eigenvalue weighted by molar-refractivity contribution is 7.91. The number of sulfone groups is 1. The molecule has 6 N–H and O–H groups in total. The number of methoxy groups -OCH3 is 1. The summed E-state index contributed by atoms with van der Waals surface area (Å²) in [6.45, 7) is 3.21. The summed E-state index contributed by atoms with van der Waals surface area (Å²) in [5, 5.41) is 19.9. The molecule has 5 aromatic carbocycles. The first kappa shape index (κ1) is 37.9. The number of phenolic OH excluding ortho intramolecular Hbond substituents is 1. The maximum Gasteiger partial charge on any atom is 0.262 e. The number of primary amides is 1. The van der Waals surface area contributed by atoms with E-state index in [0.717, 1.165) is 41.6 Å². The zero-order valence-electron chi connectivity index (χ0n) is 30.9. The van der Waals surface area contributed by atoms with Crippen molar-refractivity contribution >= 4 is 49.6 Å². The van der Waals surface area contributed by atoms with Gasteiger partial charge in [-0.25, -0.2) is 8.42 Å². The minimum absolute atomic E-state index is 0.0151. The molecule has 13 heteroatoms. The third-order valence-corrected chi connectivity index (χ3v) is 11.4. The molecule has 12 nitrogen and oxygen atoms in total. The van der Waals surface area contributed by atoms with Crippen LogP contribution in [0.5, 0.6) is 17.2 Å². The fraction of sp³-hybridized carbons (Fsp3) is 0.186. The monoisotopic (exact) mass is 771 g/mol. The van der Waals surface area contributed by atoms with Gasteiger partial charge >= 0.3 is 0 Å². The molecule has 0 atom stereocenters. The maximum absolute atomic E-state index is 14.2. The molecular formula is C43H41N5O7S. The van der Waals surface area contributed by atoms with Crippen LogP contribution in [0.4, 0.5) is 17.1 Å².